The average Bonchev–Trinajstić information content (AvgIpc) is 2.44. The van der Waals surface area contributed by atoms with Crippen LogP contribution in [0.15, 0.2) is 13.6 Å². The molecule has 2 rings (SSSR count). The van der Waals surface area contributed by atoms with E-state index < -0.39 is 0 Å². The Morgan fingerprint density at radius 3 is 2.67 bits per heavy atom. The number of nitrogens with two attached hydrogens (primary N) is 1. The molecule has 3 N–H and O–H groups in total. The summed E-state index contributed by atoms with van der Waals surface area (Å²) in [5.41, 5.74) is 4.21. The van der Waals surface area contributed by atoms with Gasteiger partial charge in [-0.1, -0.05) is 19.3 Å². The molecule has 84 valence electrons. The van der Waals surface area contributed by atoms with E-state index in [9.17, 15) is 0 Å². The van der Waals surface area contributed by atoms with Crippen LogP contribution >= 0.6 is 43.2 Å². The lowest BCUT2D eigenvalue weighted by atomic mass is 9.80. The van der Waals surface area contributed by atoms with E-state index in [0.717, 1.165) is 16.1 Å². The number of hydrogen-bond donors (Lipinski definition) is 2. The summed E-state index contributed by atoms with van der Waals surface area (Å²) in [4.78, 5) is 0. The van der Waals surface area contributed by atoms with Crippen LogP contribution in [0.5, 0.6) is 0 Å². The highest BCUT2D eigenvalue weighted by Crippen LogP contribution is 2.40. The van der Waals surface area contributed by atoms with Crippen molar-refractivity contribution in [3.63, 3.8) is 0 Å². The van der Waals surface area contributed by atoms with Gasteiger partial charge >= 0.3 is 0 Å². The van der Waals surface area contributed by atoms with E-state index in [2.05, 4.69) is 43.4 Å². The molecule has 15 heavy (non-hydrogen) atoms. The average molecular weight is 354 g/mol. The lowest BCUT2D eigenvalue weighted by Gasteiger charge is -2.29. The minimum absolute atomic E-state index is 0.284. The first kappa shape index (κ1) is 12.0. The molecule has 1 aliphatic rings. The summed E-state index contributed by atoms with van der Waals surface area (Å²) in [6.07, 6.45) is 5.26. The van der Waals surface area contributed by atoms with Gasteiger partial charge in [0, 0.05) is 6.04 Å². The Morgan fingerprint density at radius 2 is 2.27 bits per heavy atom. The quantitative estimate of drug-likeness (QED) is 0.634. The second-order valence-electron chi connectivity index (χ2n) is 4.03. The van der Waals surface area contributed by atoms with Crippen LogP contribution in [0, 0.1) is 5.92 Å². The number of thiophene rings is 1. The molecule has 1 unspecified atom stereocenters. The van der Waals surface area contributed by atoms with Crippen LogP contribution in [-0.4, -0.2) is 0 Å². The highest BCUT2D eigenvalue weighted by molar-refractivity contribution is 9.12. The van der Waals surface area contributed by atoms with E-state index in [1.54, 1.807) is 11.3 Å². The monoisotopic (exact) mass is 352 g/mol. The second-order valence-corrected chi connectivity index (χ2v) is 7.78. The molecular formula is C10H14Br2N2S. The van der Waals surface area contributed by atoms with Gasteiger partial charge in [0.1, 0.15) is 0 Å². The SMILES string of the molecule is NNC(CC1CCC1)c1cc(Br)sc1Br. The van der Waals surface area contributed by atoms with Crippen molar-refractivity contribution < 1.29 is 0 Å². The van der Waals surface area contributed by atoms with Gasteiger partial charge in [-0.3, -0.25) is 11.3 Å². The van der Waals surface area contributed by atoms with E-state index in [4.69, 9.17) is 5.84 Å². The van der Waals surface area contributed by atoms with Gasteiger partial charge in [0.25, 0.3) is 0 Å². The van der Waals surface area contributed by atoms with E-state index in [-0.39, 0.29) is 6.04 Å². The molecule has 0 saturated heterocycles. The standard InChI is InChI=1S/C10H14Br2N2S/c11-9-5-7(10(12)15-9)8(14-13)4-6-2-1-3-6/h5-6,8,14H,1-4,13H2. The molecule has 0 amide bonds. The molecule has 1 heterocycles. The van der Waals surface area contributed by atoms with Gasteiger partial charge in [-0.25, -0.2) is 0 Å². The summed E-state index contributed by atoms with van der Waals surface area (Å²) in [5.74, 6) is 6.49. The summed E-state index contributed by atoms with van der Waals surface area (Å²) in [6.45, 7) is 0. The van der Waals surface area contributed by atoms with Gasteiger partial charge in [0.05, 0.1) is 7.57 Å². The third-order valence-corrected chi connectivity index (χ3v) is 5.44. The van der Waals surface area contributed by atoms with Crippen LogP contribution in [0.3, 0.4) is 0 Å². The molecule has 0 radical (unpaired) electrons. The molecule has 0 aliphatic heterocycles. The molecule has 1 aromatic heterocycles. The molecule has 1 atom stereocenters. The maximum Gasteiger partial charge on any atom is 0.0758 e. The topological polar surface area (TPSA) is 38.0 Å². The molecule has 1 fully saturated rings. The summed E-state index contributed by atoms with van der Waals surface area (Å²) < 4.78 is 2.33. The molecule has 1 aromatic rings. The number of nitrogens with one attached hydrogen (secondary N) is 1. The summed E-state index contributed by atoms with van der Waals surface area (Å²) in [6, 6.07) is 2.44. The van der Waals surface area contributed by atoms with Crippen molar-refractivity contribution in [1.29, 1.82) is 0 Å². The Balaban J connectivity index is 2.07. The predicted molar refractivity (Wildman–Crippen MR) is 71.7 cm³/mol. The van der Waals surface area contributed by atoms with Gasteiger partial charge in [-0.05, 0) is 55.8 Å². The zero-order chi connectivity index (χ0) is 10.8. The van der Waals surface area contributed by atoms with Gasteiger partial charge in [0.2, 0.25) is 0 Å². The summed E-state index contributed by atoms with van der Waals surface area (Å²) in [5, 5.41) is 0. The minimum Gasteiger partial charge on any atom is -0.271 e. The Hall–Kier alpha value is 0.580. The number of hydrogen-bond acceptors (Lipinski definition) is 3. The third-order valence-electron chi connectivity index (χ3n) is 3.05. The Bertz CT molecular complexity index is 336. The van der Waals surface area contributed by atoms with Crippen LogP contribution in [-0.2, 0) is 0 Å². The maximum absolute atomic E-state index is 5.63. The molecule has 1 aliphatic carbocycles. The van der Waals surface area contributed by atoms with E-state index >= 15 is 0 Å². The first-order valence-corrected chi connectivity index (χ1v) is 7.52. The van der Waals surface area contributed by atoms with Crippen LogP contribution in [0.4, 0.5) is 0 Å². The smallest absolute Gasteiger partial charge is 0.0758 e. The highest BCUT2D eigenvalue weighted by atomic mass is 79.9. The van der Waals surface area contributed by atoms with E-state index in [1.165, 1.54) is 28.6 Å². The molecule has 0 bridgehead atoms. The molecule has 0 spiro atoms. The van der Waals surface area contributed by atoms with Crippen molar-refractivity contribution in [3.8, 4) is 0 Å². The Labute approximate surface area is 111 Å². The van der Waals surface area contributed by atoms with Crippen molar-refractivity contribution in [2.75, 3.05) is 0 Å². The maximum atomic E-state index is 5.63. The van der Waals surface area contributed by atoms with Crippen molar-refractivity contribution in [2.45, 2.75) is 31.7 Å². The fraction of sp³-hybridized carbons (Fsp3) is 0.600. The largest absolute Gasteiger partial charge is 0.271 e. The van der Waals surface area contributed by atoms with Gasteiger partial charge in [0.15, 0.2) is 0 Å². The van der Waals surface area contributed by atoms with Gasteiger partial charge < -0.3 is 0 Å². The van der Waals surface area contributed by atoms with E-state index in [1.807, 2.05) is 0 Å². The third kappa shape index (κ3) is 2.82. The molecule has 2 nitrogen and oxygen atoms in total. The van der Waals surface area contributed by atoms with Crippen molar-refractivity contribution in [1.82, 2.24) is 5.43 Å². The molecule has 5 heteroatoms. The van der Waals surface area contributed by atoms with Crippen molar-refractivity contribution in [3.05, 3.63) is 19.2 Å². The van der Waals surface area contributed by atoms with E-state index in [0.29, 0.717) is 0 Å². The fourth-order valence-corrected chi connectivity index (χ4v) is 4.91. The zero-order valence-corrected chi connectivity index (χ0v) is 12.3. The van der Waals surface area contributed by atoms with Gasteiger partial charge in [-0.15, -0.1) is 11.3 Å². The normalized spacial score (nSPS) is 18.9. The van der Waals surface area contributed by atoms with Crippen LogP contribution in [0.2, 0.25) is 0 Å². The van der Waals surface area contributed by atoms with Crippen molar-refractivity contribution in [2.24, 2.45) is 11.8 Å². The highest BCUT2D eigenvalue weighted by Gasteiger charge is 2.24. The molecular weight excluding hydrogens is 340 g/mol. The fourth-order valence-electron chi connectivity index (χ4n) is 1.94. The molecule has 0 aromatic carbocycles. The summed E-state index contributed by atoms with van der Waals surface area (Å²) >= 11 is 8.78. The Morgan fingerprint density at radius 1 is 1.53 bits per heavy atom. The Kier molecular flexibility index (Phi) is 4.24. The summed E-state index contributed by atoms with van der Waals surface area (Å²) in [7, 11) is 0. The number of halogens is 2. The zero-order valence-electron chi connectivity index (χ0n) is 8.30. The minimum atomic E-state index is 0.284. The molecule has 1 saturated carbocycles. The first-order chi connectivity index (χ1) is 7.20. The van der Waals surface area contributed by atoms with Crippen molar-refractivity contribution >= 4 is 43.2 Å². The first-order valence-electron chi connectivity index (χ1n) is 5.11. The predicted octanol–water partition coefficient (Wildman–Crippen LogP) is 3.97. The van der Waals surface area contributed by atoms with Crippen LogP contribution in [0.25, 0.3) is 0 Å². The van der Waals surface area contributed by atoms with Gasteiger partial charge in [-0.2, -0.15) is 0 Å². The number of rotatable bonds is 4. The lowest BCUT2D eigenvalue weighted by molar-refractivity contribution is 0.262. The second kappa shape index (κ2) is 5.27. The van der Waals surface area contributed by atoms with Crippen LogP contribution in [0.1, 0.15) is 37.3 Å². The van der Waals surface area contributed by atoms with Crippen LogP contribution < -0.4 is 11.3 Å². The lowest BCUT2D eigenvalue weighted by Crippen LogP contribution is -2.31. The number of hydrazine groups is 1.